The van der Waals surface area contributed by atoms with E-state index in [1.807, 2.05) is 16.9 Å². The van der Waals surface area contributed by atoms with Gasteiger partial charge in [-0.3, -0.25) is 9.89 Å². The number of aliphatic imine (C=N–C) groups is 1. The van der Waals surface area contributed by atoms with Crippen molar-refractivity contribution in [3.8, 4) is 5.69 Å². The van der Waals surface area contributed by atoms with Gasteiger partial charge in [0.1, 0.15) is 0 Å². The van der Waals surface area contributed by atoms with E-state index in [-0.39, 0.29) is 24.0 Å². The first kappa shape index (κ1) is 24.6. The van der Waals surface area contributed by atoms with Crippen molar-refractivity contribution in [1.29, 1.82) is 0 Å². The normalized spacial score (nSPS) is 16.7. The molecular formula is C22H36IN7. The maximum absolute atomic E-state index is 4.81. The number of guanidine groups is 1. The van der Waals surface area contributed by atoms with Gasteiger partial charge in [-0.1, -0.05) is 12.1 Å². The van der Waals surface area contributed by atoms with Gasteiger partial charge in [0.2, 0.25) is 0 Å². The van der Waals surface area contributed by atoms with E-state index in [0.29, 0.717) is 6.04 Å². The molecule has 1 aliphatic heterocycles. The van der Waals surface area contributed by atoms with Crippen molar-refractivity contribution >= 4 is 29.9 Å². The molecule has 1 aliphatic rings. The van der Waals surface area contributed by atoms with E-state index in [9.17, 15) is 0 Å². The summed E-state index contributed by atoms with van der Waals surface area (Å²) in [6, 6.07) is 11.0. The molecule has 3 rings (SSSR count). The van der Waals surface area contributed by atoms with Gasteiger partial charge in [0.25, 0.3) is 0 Å². The zero-order valence-electron chi connectivity index (χ0n) is 18.4. The molecule has 0 aliphatic carbocycles. The molecule has 166 valence electrons. The lowest BCUT2D eigenvalue weighted by Gasteiger charge is -2.35. The quantitative estimate of drug-likeness (QED) is 0.315. The molecule has 1 unspecified atom stereocenters. The number of rotatable bonds is 8. The molecule has 1 fully saturated rings. The molecule has 30 heavy (non-hydrogen) atoms. The average molecular weight is 525 g/mol. The SMILES string of the molecule is CCNC(=NCC(C)N1CCN(C)CC1)NCCc1ccc(-n2cccn2)cc1.I. The van der Waals surface area contributed by atoms with Gasteiger partial charge in [0.05, 0.1) is 12.2 Å². The lowest BCUT2D eigenvalue weighted by molar-refractivity contribution is 0.122. The van der Waals surface area contributed by atoms with Gasteiger partial charge in [0, 0.05) is 57.7 Å². The lowest BCUT2D eigenvalue weighted by atomic mass is 10.1. The summed E-state index contributed by atoms with van der Waals surface area (Å²) in [5.41, 5.74) is 2.38. The largest absolute Gasteiger partial charge is 0.357 e. The molecule has 2 heterocycles. The second kappa shape index (κ2) is 12.9. The smallest absolute Gasteiger partial charge is 0.191 e. The van der Waals surface area contributed by atoms with Crippen molar-refractivity contribution in [2.45, 2.75) is 26.3 Å². The minimum absolute atomic E-state index is 0. The molecule has 0 saturated carbocycles. The molecule has 1 atom stereocenters. The second-order valence-corrected chi connectivity index (χ2v) is 7.70. The van der Waals surface area contributed by atoms with Crippen LogP contribution in [0, 0.1) is 0 Å². The highest BCUT2D eigenvalue weighted by Crippen LogP contribution is 2.09. The van der Waals surface area contributed by atoms with Crippen LogP contribution < -0.4 is 10.6 Å². The van der Waals surface area contributed by atoms with E-state index in [0.717, 1.165) is 63.9 Å². The molecule has 1 saturated heterocycles. The third kappa shape index (κ3) is 7.55. The number of hydrogen-bond donors (Lipinski definition) is 2. The molecule has 8 heteroatoms. The lowest BCUT2D eigenvalue weighted by Crippen LogP contribution is -2.49. The van der Waals surface area contributed by atoms with Crippen LogP contribution in [0.15, 0.2) is 47.7 Å². The highest BCUT2D eigenvalue weighted by atomic mass is 127. The van der Waals surface area contributed by atoms with Crippen molar-refractivity contribution in [1.82, 2.24) is 30.2 Å². The van der Waals surface area contributed by atoms with Gasteiger partial charge in [-0.25, -0.2) is 4.68 Å². The second-order valence-electron chi connectivity index (χ2n) is 7.70. The van der Waals surface area contributed by atoms with Gasteiger partial charge in [-0.2, -0.15) is 5.10 Å². The van der Waals surface area contributed by atoms with E-state index in [2.05, 4.69) is 70.7 Å². The monoisotopic (exact) mass is 525 g/mol. The van der Waals surface area contributed by atoms with Crippen molar-refractivity contribution in [3.05, 3.63) is 48.3 Å². The predicted molar refractivity (Wildman–Crippen MR) is 135 cm³/mol. The Hall–Kier alpha value is -1.65. The standard InChI is InChI=1S/C22H35N7.HI/c1-4-23-22(25-18-19(2)28-16-14-27(3)15-17-28)24-12-10-20-6-8-21(9-7-20)29-13-5-11-26-29;/h5-9,11,13,19H,4,10,12,14-18H2,1-3H3,(H2,23,24,25);1H. The summed E-state index contributed by atoms with van der Waals surface area (Å²) >= 11 is 0. The Morgan fingerprint density at radius 3 is 2.50 bits per heavy atom. The van der Waals surface area contributed by atoms with Crippen LogP contribution in [0.25, 0.3) is 5.69 Å². The average Bonchev–Trinajstić information content (AvgIpc) is 3.28. The molecule has 2 N–H and O–H groups in total. The Bertz CT molecular complexity index is 737. The van der Waals surface area contributed by atoms with Crippen LogP contribution in [0.4, 0.5) is 0 Å². The summed E-state index contributed by atoms with van der Waals surface area (Å²) in [7, 11) is 2.19. The number of nitrogens with zero attached hydrogens (tertiary/aromatic N) is 5. The molecule has 1 aromatic heterocycles. The van der Waals surface area contributed by atoms with E-state index >= 15 is 0 Å². The maximum Gasteiger partial charge on any atom is 0.191 e. The van der Waals surface area contributed by atoms with Gasteiger partial charge in [0.15, 0.2) is 5.96 Å². The summed E-state index contributed by atoms with van der Waals surface area (Å²) in [6.45, 7) is 11.5. The Morgan fingerprint density at radius 2 is 1.87 bits per heavy atom. The fraction of sp³-hybridized carbons (Fsp3) is 0.545. The Balaban J connectivity index is 0.00000320. The first-order valence-electron chi connectivity index (χ1n) is 10.7. The predicted octanol–water partition coefficient (Wildman–Crippen LogP) is 2.22. The third-order valence-corrected chi connectivity index (χ3v) is 5.43. The van der Waals surface area contributed by atoms with Gasteiger partial charge < -0.3 is 15.5 Å². The fourth-order valence-electron chi connectivity index (χ4n) is 3.51. The van der Waals surface area contributed by atoms with Crippen molar-refractivity contribution in [3.63, 3.8) is 0 Å². The van der Waals surface area contributed by atoms with Crippen molar-refractivity contribution in [2.75, 3.05) is 52.9 Å². The maximum atomic E-state index is 4.81. The number of aromatic nitrogens is 2. The van der Waals surface area contributed by atoms with Gasteiger partial charge in [-0.05, 0) is 51.1 Å². The number of nitrogens with one attached hydrogen (secondary N) is 2. The van der Waals surface area contributed by atoms with Gasteiger partial charge in [-0.15, -0.1) is 24.0 Å². The van der Waals surface area contributed by atoms with Crippen LogP contribution in [0.3, 0.4) is 0 Å². The molecule has 7 nitrogen and oxygen atoms in total. The van der Waals surface area contributed by atoms with Crippen LogP contribution in [0.2, 0.25) is 0 Å². The minimum Gasteiger partial charge on any atom is -0.357 e. The molecule has 2 aromatic rings. The third-order valence-electron chi connectivity index (χ3n) is 5.43. The minimum atomic E-state index is 0. The van der Waals surface area contributed by atoms with Crippen LogP contribution in [0.5, 0.6) is 0 Å². The first-order chi connectivity index (χ1) is 14.2. The summed E-state index contributed by atoms with van der Waals surface area (Å²) in [6.07, 6.45) is 4.71. The molecule has 0 spiro atoms. The van der Waals surface area contributed by atoms with E-state index in [1.54, 1.807) is 6.20 Å². The molecule has 0 amide bonds. The van der Waals surface area contributed by atoms with E-state index in [4.69, 9.17) is 4.99 Å². The molecular weight excluding hydrogens is 489 g/mol. The Morgan fingerprint density at radius 1 is 1.13 bits per heavy atom. The highest BCUT2D eigenvalue weighted by Gasteiger charge is 2.18. The number of hydrogen-bond acceptors (Lipinski definition) is 4. The number of likely N-dealkylation sites (N-methyl/N-ethyl adjacent to an activating group) is 1. The highest BCUT2D eigenvalue weighted by molar-refractivity contribution is 14.0. The van der Waals surface area contributed by atoms with Crippen LogP contribution >= 0.6 is 24.0 Å². The molecule has 0 bridgehead atoms. The zero-order chi connectivity index (χ0) is 20.5. The Labute approximate surface area is 197 Å². The zero-order valence-corrected chi connectivity index (χ0v) is 20.8. The molecule has 1 aromatic carbocycles. The summed E-state index contributed by atoms with van der Waals surface area (Å²) in [4.78, 5) is 9.74. The van der Waals surface area contributed by atoms with Crippen molar-refractivity contribution < 1.29 is 0 Å². The van der Waals surface area contributed by atoms with E-state index in [1.165, 1.54) is 5.56 Å². The topological polar surface area (TPSA) is 60.7 Å². The number of piperazine rings is 1. The van der Waals surface area contributed by atoms with Crippen LogP contribution in [-0.2, 0) is 6.42 Å². The summed E-state index contributed by atoms with van der Waals surface area (Å²) in [5, 5.41) is 11.1. The summed E-state index contributed by atoms with van der Waals surface area (Å²) < 4.78 is 1.87. The number of benzene rings is 1. The van der Waals surface area contributed by atoms with Crippen LogP contribution in [0.1, 0.15) is 19.4 Å². The van der Waals surface area contributed by atoms with Crippen molar-refractivity contribution in [2.24, 2.45) is 4.99 Å². The van der Waals surface area contributed by atoms with Gasteiger partial charge >= 0.3 is 0 Å². The van der Waals surface area contributed by atoms with Crippen LogP contribution in [-0.4, -0.2) is 84.4 Å². The molecule has 0 radical (unpaired) electrons. The summed E-state index contributed by atoms with van der Waals surface area (Å²) in [5.74, 6) is 0.904. The first-order valence-corrected chi connectivity index (χ1v) is 10.7. The Kier molecular flexibility index (Phi) is 10.6. The fourth-order valence-corrected chi connectivity index (χ4v) is 3.51. The number of halogens is 1. The van der Waals surface area contributed by atoms with E-state index < -0.39 is 0 Å².